The second kappa shape index (κ2) is 5.26. The lowest BCUT2D eigenvalue weighted by Crippen LogP contribution is -2.28. The van der Waals surface area contributed by atoms with Crippen LogP contribution in [0.15, 0.2) is 17.0 Å². The highest BCUT2D eigenvalue weighted by molar-refractivity contribution is 8.13. The van der Waals surface area contributed by atoms with E-state index < -0.39 is 25.7 Å². The number of carbonyl (C=O) groups excluding carboxylic acids is 1. The van der Waals surface area contributed by atoms with Gasteiger partial charge in [0.1, 0.15) is 4.90 Å². The third kappa shape index (κ3) is 3.01. The van der Waals surface area contributed by atoms with E-state index in [1.54, 1.807) is 0 Å². The van der Waals surface area contributed by atoms with Gasteiger partial charge in [-0.15, -0.1) is 0 Å². The minimum Gasteiger partial charge on any atom is -0.339 e. The van der Waals surface area contributed by atoms with Crippen molar-refractivity contribution in [3.63, 3.8) is 0 Å². The monoisotopic (exact) mass is 325 g/mol. The molecule has 0 unspecified atom stereocenters. The van der Waals surface area contributed by atoms with Crippen LogP contribution in [0.5, 0.6) is 0 Å². The Morgan fingerprint density at radius 3 is 2.37 bits per heavy atom. The van der Waals surface area contributed by atoms with Crippen LogP contribution in [-0.4, -0.2) is 32.3 Å². The summed E-state index contributed by atoms with van der Waals surface area (Å²) >= 11 is 5.72. The molecule has 1 aromatic carbocycles. The molecule has 1 fully saturated rings. The van der Waals surface area contributed by atoms with Gasteiger partial charge in [-0.3, -0.25) is 4.79 Å². The van der Waals surface area contributed by atoms with Crippen molar-refractivity contribution >= 4 is 37.2 Å². The predicted octanol–water partition coefficient (Wildman–Crippen LogP) is 2.64. The van der Waals surface area contributed by atoms with Crippen molar-refractivity contribution in [1.29, 1.82) is 0 Å². The first-order valence-corrected chi connectivity index (χ1v) is 8.22. The molecule has 0 radical (unpaired) electrons. The normalized spacial score (nSPS) is 15.8. The van der Waals surface area contributed by atoms with Crippen LogP contribution in [0.4, 0.5) is 4.39 Å². The highest BCUT2D eigenvalue weighted by atomic mass is 35.7. The summed E-state index contributed by atoms with van der Waals surface area (Å²) in [7, 11) is 0.827. The maximum Gasteiger partial charge on any atom is 0.264 e. The van der Waals surface area contributed by atoms with Crippen LogP contribution in [-0.2, 0) is 9.05 Å². The highest BCUT2D eigenvalue weighted by Crippen LogP contribution is 2.27. The highest BCUT2D eigenvalue weighted by Gasteiger charge is 2.27. The van der Waals surface area contributed by atoms with E-state index in [0.717, 1.165) is 25.0 Å². The molecule has 0 aliphatic carbocycles. The summed E-state index contributed by atoms with van der Waals surface area (Å²) in [4.78, 5) is 12.8. The van der Waals surface area contributed by atoms with E-state index in [2.05, 4.69) is 0 Å². The molecule has 0 spiro atoms. The maximum atomic E-state index is 14.1. The molecule has 0 bridgehead atoms. The number of amides is 1. The number of halogens is 3. The van der Waals surface area contributed by atoms with Crippen LogP contribution in [0.25, 0.3) is 0 Å². The molecule has 1 saturated heterocycles. The van der Waals surface area contributed by atoms with Gasteiger partial charge in [0.25, 0.3) is 15.0 Å². The summed E-state index contributed by atoms with van der Waals surface area (Å²) in [5, 5.41) is -0.0526. The third-order valence-corrected chi connectivity index (χ3v) is 4.43. The van der Waals surface area contributed by atoms with Gasteiger partial charge >= 0.3 is 0 Å². The molecule has 4 nitrogen and oxygen atoms in total. The largest absolute Gasteiger partial charge is 0.339 e. The summed E-state index contributed by atoms with van der Waals surface area (Å²) < 4.78 is 36.6. The average Bonchev–Trinajstić information content (AvgIpc) is 2.83. The molecule has 2 rings (SSSR count). The molecule has 0 saturated carbocycles. The van der Waals surface area contributed by atoms with Crippen molar-refractivity contribution in [2.75, 3.05) is 13.1 Å². The van der Waals surface area contributed by atoms with E-state index in [1.807, 2.05) is 0 Å². The lowest BCUT2D eigenvalue weighted by molar-refractivity contribution is 0.0787. The number of carbonyl (C=O) groups is 1. The van der Waals surface area contributed by atoms with Crippen LogP contribution in [0.3, 0.4) is 0 Å². The van der Waals surface area contributed by atoms with Gasteiger partial charge in [-0.25, -0.2) is 12.8 Å². The Balaban J connectivity index is 2.52. The Kier molecular flexibility index (Phi) is 4.03. The molecule has 1 amide bonds. The molecule has 19 heavy (non-hydrogen) atoms. The van der Waals surface area contributed by atoms with Crippen LogP contribution in [0, 0.1) is 5.82 Å². The first-order chi connectivity index (χ1) is 8.80. The minimum absolute atomic E-state index is 0.0526. The number of hydrogen-bond donors (Lipinski definition) is 0. The van der Waals surface area contributed by atoms with Gasteiger partial charge in [0.05, 0.1) is 5.56 Å². The quantitative estimate of drug-likeness (QED) is 0.785. The first kappa shape index (κ1) is 14.6. The summed E-state index contributed by atoms with van der Waals surface area (Å²) in [6.07, 6.45) is 1.68. The molecule has 8 heteroatoms. The van der Waals surface area contributed by atoms with E-state index in [0.29, 0.717) is 13.1 Å². The van der Waals surface area contributed by atoms with E-state index >= 15 is 0 Å². The zero-order valence-corrected chi connectivity index (χ0v) is 12.0. The van der Waals surface area contributed by atoms with Gasteiger partial charge in [-0.2, -0.15) is 0 Å². The third-order valence-electron chi connectivity index (χ3n) is 2.89. The molecule has 104 valence electrons. The topological polar surface area (TPSA) is 54.5 Å². The van der Waals surface area contributed by atoms with Gasteiger partial charge < -0.3 is 4.90 Å². The Labute approximate surface area is 119 Å². The van der Waals surface area contributed by atoms with Crippen molar-refractivity contribution in [3.8, 4) is 0 Å². The predicted molar refractivity (Wildman–Crippen MR) is 69.6 cm³/mol. The fourth-order valence-electron chi connectivity index (χ4n) is 1.99. The molecule has 0 atom stereocenters. The van der Waals surface area contributed by atoms with Crippen LogP contribution >= 0.6 is 22.3 Å². The fraction of sp³-hybridized carbons (Fsp3) is 0.364. The van der Waals surface area contributed by atoms with Gasteiger partial charge in [-0.05, 0) is 25.0 Å². The summed E-state index contributed by atoms with van der Waals surface area (Å²) in [5.41, 5.74) is -0.367. The molecular weight excluding hydrogens is 316 g/mol. The van der Waals surface area contributed by atoms with Gasteiger partial charge in [0.2, 0.25) is 0 Å². The molecule has 1 heterocycles. The van der Waals surface area contributed by atoms with Crippen molar-refractivity contribution in [2.24, 2.45) is 0 Å². The fourth-order valence-corrected chi connectivity index (χ4v) is 3.20. The number of nitrogens with zero attached hydrogens (tertiary/aromatic N) is 1. The maximum absolute atomic E-state index is 14.1. The number of benzene rings is 1. The van der Waals surface area contributed by atoms with Crippen molar-refractivity contribution < 1.29 is 17.6 Å². The Hall–Kier alpha value is -0.850. The van der Waals surface area contributed by atoms with Gasteiger partial charge in [0, 0.05) is 28.8 Å². The van der Waals surface area contributed by atoms with Gasteiger partial charge in [-0.1, -0.05) is 11.6 Å². The molecule has 1 aliphatic rings. The summed E-state index contributed by atoms with van der Waals surface area (Å²) in [5.74, 6) is -1.73. The zero-order valence-electron chi connectivity index (χ0n) is 9.70. The Bertz CT molecular complexity index is 627. The van der Waals surface area contributed by atoms with Crippen LogP contribution < -0.4 is 0 Å². The molecule has 1 aromatic rings. The SMILES string of the molecule is O=C(c1cc(Cl)cc(S(=O)(=O)Cl)c1F)N1CCCC1. The first-order valence-electron chi connectivity index (χ1n) is 5.53. The number of likely N-dealkylation sites (tertiary alicyclic amines) is 1. The molecule has 0 N–H and O–H groups in total. The lowest BCUT2D eigenvalue weighted by atomic mass is 10.2. The van der Waals surface area contributed by atoms with E-state index in [9.17, 15) is 17.6 Å². The standard InChI is InChI=1S/C11H10Cl2FNO3S/c12-7-5-8(11(16)15-3-1-2-4-15)10(14)9(6-7)19(13,17)18/h5-6H,1-4H2. The second-order valence-corrected chi connectivity index (χ2v) is 7.17. The van der Waals surface area contributed by atoms with E-state index in [-0.39, 0.29) is 10.6 Å². The van der Waals surface area contributed by atoms with Gasteiger partial charge in [0.15, 0.2) is 5.82 Å². The minimum atomic E-state index is -4.29. The molecule has 1 aliphatic heterocycles. The molecular formula is C11H10Cl2FNO3S. The van der Waals surface area contributed by atoms with E-state index in [4.69, 9.17) is 22.3 Å². The van der Waals surface area contributed by atoms with Crippen molar-refractivity contribution in [3.05, 3.63) is 28.5 Å². The average molecular weight is 326 g/mol. The number of hydrogen-bond acceptors (Lipinski definition) is 3. The van der Waals surface area contributed by atoms with Crippen molar-refractivity contribution in [2.45, 2.75) is 17.7 Å². The Morgan fingerprint density at radius 1 is 1.26 bits per heavy atom. The second-order valence-electron chi connectivity index (χ2n) is 4.20. The number of rotatable bonds is 2. The summed E-state index contributed by atoms with van der Waals surface area (Å²) in [6.45, 7) is 1.04. The zero-order chi connectivity index (χ0) is 14.2. The smallest absolute Gasteiger partial charge is 0.264 e. The van der Waals surface area contributed by atoms with E-state index in [1.165, 1.54) is 4.90 Å². The Morgan fingerprint density at radius 2 is 1.84 bits per heavy atom. The summed E-state index contributed by atoms with van der Waals surface area (Å²) in [6, 6.07) is 2.00. The van der Waals surface area contributed by atoms with Crippen LogP contribution in [0.1, 0.15) is 23.2 Å². The molecule has 0 aromatic heterocycles. The van der Waals surface area contributed by atoms with Crippen molar-refractivity contribution in [1.82, 2.24) is 4.90 Å². The lowest BCUT2D eigenvalue weighted by Gasteiger charge is -2.16. The van der Waals surface area contributed by atoms with Crippen LogP contribution in [0.2, 0.25) is 5.02 Å².